The van der Waals surface area contributed by atoms with Gasteiger partial charge in [-0.05, 0) is 57.8 Å². The molecule has 0 spiro atoms. The minimum Gasteiger partial charge on any atom is -0.462 e. The molecule has 0 amide bonds. The minimum absolute atomic E-state index is 0.0861. The van der Waals surface area contributed by atoms with Crippen molar-refractivity contribution in [2.24, 2.45) is 0 Å². The first kappa shape index (κ1) is 59.4. The van der Waals surface area contributed by atoms with Gasteiger partial charge >= 0.3 is 17.9 Å². The number of allylic oxidation sites excluding steroid dienone is 8. The summed E-state index contributed by atoms with van der Waals surface area (Å²) >= 11 is 0. The highest BCUT2D eigenvalue weighted by Crippen LogP contribution is 2.16. The first-order valence-electron chi connectivity index (χ1n) is 26.6. The topological polar surface area (TPSA) is 78.9 Å². The molecule has 0 saturated carbocycles. The molecule has 6 nitrogen and oxygen atoms in total. The molecule has 0 N–H and O–H groups in total. The van der Waals surface area contributed by atoms with Crippen LogP contribution in [0.4, 0.5) is 0 Å². The molecule has 0 heterocycles. The van der Waals surface area contributed by atoms with Crippen LogP contribution in [-0.4, -0.2) is 37.2 Å². The molecule has 0 fully saturated rings. The van der Waals surface area contributed by atoms with Crippen molar-refractivity contribution in [1.29, 1.82) is 0 Å². The molecule has 0 aromatic carbocycles. The van der Waals surface area contributed by atoms with E-state index in [-0.39, 0.29) is 37.5 Å². The monoisotopic (exact) mass is 869 g/mol. The zero-order valence-electron chi connectivity index (χ0n) is 41.1. The second kappa shape index (κ2) is 51.0. The van der Waals surface area contributed by atoms with Crippen molar-refractivity contribution >= 4 is 17.9 Å². The van der Waals surface area contributed by atoms with Crippen LogP contribution in [0.2, 0.25) is 0 Å². The van der Waals surface area contributed by atoms with Crippen LogP contribution < -0.4 is 0 Å². The van der Waals surface area contributed by atoms with E-state index >= 15 is 0 Å². The maximum atomic E-state index is 12.8. The van der Waals surface area contributed by atoms with Gasteiger partial charge in [0.25, 0.3) is 0 Å². The maximum Gasteiger partial charge on any atom is 0.306 e. The number of carbonyl (C=O) groups excluding carboxylic acids is 3. The van der Waals surface area contributed by atoms with Crippen LogP contribution in [0.25, 0.3) is 0 Å². The van der Waals surface area contributed by atoms with E-state index in [4.69, 9.17) is 14.2 Å². The van der Waals surface area contributed by atoms with Gasteiger partial charge in [-0.25, -0.2) is 0 Å². The minimum atomic E-state index is -0.790. The molecule has 0 aliphatic rings. The second-order valence-electron chi connectivity index (χ2n) is 17.8. The number of ether oxygens (including phenoxy) is 3. The Bertz CT molecular complexity index is 1090. The van der Waals surface area contributed by atoms with Crippen LogP contribution >= 0.6 is 0 Å². The molecule has 0 aromatic rings. The summed E-state index contributed by atoms with van der Waals surface area (Å²) < 4.78 is 16.8. The molecule has 1 unspecified atom stereocenters. The molecule has 0 bridgehead atoms. The van der Waals surface area contributed by atoms with Gasteiger partial charge in [0.2, 0.25) is 0 Å². The number of unbranched alkanes of at least 4 members (excludes halogenated alkanes) is 29. The SMILES string of the molecule is CCCCC/C=C\C/C=C\C/C=C\C/C=C\CCCC(=O)OCC(COC(=O)CCCCCCCCCCCCCC)OC(=O)CCCCCCCCCCCCCCCCC. The Morgan fingerprint density at radius 3 is 0.968 bits per heavy atom. The molecular formula is C56H100O6. The Kier molecular flexibility index (Phi) is 48.8. The van der Waals surface area contributed by atoms with Crippen LogP contribution in [0.1, 0.15) is 271 Å². The van der Waals surface area contributed by atoms with Gasteiger partial charge < -0.3 is 14.2 Å². The quantitative estimate of drug-likeness (QED) is 0.0262. The van der Waals surface area contributed by atoms with E-state index < -0.39 is 6.10 Å². The van der Waals surface area contributed by atoms with Crippen molar-refractivity contribution in [3.05, 3.63) is 48.6 Å². The standard InChI is InChI=1S/C56H100O6/c1-4-7-10-13-16-19-22-25-27-28-30-31-34-37-40-43-46-49-55(58)61-52-53(51-60-54(57)48-45-42-39-36-33-24-21-18-15-12-9-6-3)62-56(59)50-47-44-41-38-35-32-29-26-23-20-17-14-11-8-5-2/h16,19,25,27,30-31,37,40,53H,4-15,17-18,20-24,26,28-29,32-36,38-39,41-52H2,1-3H3/b19-16-,27-25-,31-30-,40-37-. The summed E-state index contributed by atoms with van der Waals surface area (Å²) in [4.78, 5) is 38.0. The van der Waals surface area contributed by atoms with Gasteiger partial charge in [-0.15, -0.1) is 0 Å². The van der Waals surface area contributed by atoms with E-state index in [9.17, 15) is 14.4 Å². The number of esters is 3. The summed E-state index contributed by atoms with van der Waals surface area (Å²) in [6.45, 7) is 6.58. The van der Waals surface area contributed by atoms with Crippen molar-refractivity contribution in [3.8, 4) is 0 Å². The van der Waals surface area contributed by atoms with Crippen LogP contribution in [0.15, 0.2) is 48.6 Å². The van der Waals surface area contributed by atoms with Gasteiger partial charge in [-0.1, -0.05) is 243 Å². The van der Waals surface area contributed by atoms with Crippen LogP contribution in [-0.2, 0) is 28.6 Å². The normalized spacial score (nSPS) is 12.4. The molecule has 0 rings (SSSR count). The number of rotatable bonds is 48. The molecule has 1 atom stereocenters. The summed E-state index contributed by atoms with van der Waals surface area (Å²) in [5.74, 6) is -0.934. The van der Waals surface area contributed by atoms with Gasteiger partial charge in [0.05, 0.1) is 0 Å². The Morgan fingerprint density at radius 2 is 0.597 bits per heavy atom. The largest absolute Gasteiger partial charge is 0.462 e. The predicted octanol–water partition coefficient (Wildman–Crippen LogP) is 17.5. The van der Waals surface area contributed by atoms with E-state index in [1.807, 2.05) is 0 Å². The first-order valence-corrected chi connectivity index (χ1v) is 26.6. The van der Waals surface area contributed by atoms with Gasteiger partial charge in [0.1, 0.15) is 13.2 Å². The summed E-state index contributed by atoms with van der Waals surface area (Å²) in [6, 6.07) is 0. The molecule has 62 heavy (non-hydrogen) atoms. The number of hydrogen-bond acceptors (Lipinski definition) is 6. The molecule has 360 valence electrons. The van der Waals surface area contributed by atoms with Gasteiger partial charge in [-0.3, -0.25) is 14.4 Å². The Hall–Kier alpha value is -2.63. The first-order chi connectivity index (χ1) is 30.5. The highest BCUT2D eigenvalue weighted by Gasteiger charge is 2.19. The van der Waals surface area contributed by atoms with Crippen molar-refractivity contribution in [2.75, 3.05) is 13.2 Å². The summed E-state index contributed by atoms with van der Waals surface area (Å²) in [6.07, 6.45) is 61.0. The Labute approximate surface area is 384 Å². The average Bonchev–Trinajstić information content (AvgIpc) is 3.27. The fourth-order valence-corrected chi connectivity index (χ4v) is 7.55. The fourth-order valence-electron chi connectivity index (χ4n) is 7.55. The lowest BCUT2D eigenvalue weighted by Crippen LogP contribution is -2.30. The zero-order chi connectivity index (χ0) is 45.1. The van der Waals surface area contributed by atoms with Crippen LogP contribution in [0.5, 0.6) is 0 Å². The Balaban J connectivity index is 4.43. The molecule has 0 aliphatic carbocycles. The van der Waals surface area contributed by atoms with Crippen molar-refractivity contribution < 1.29 is 28.6 Å². The van der Waals surface area contributed by atoms with Crippen LogP contribution in [0, 0.1) is 0 Å². The van der Waals surface area contributed by atoms with Crippen molar-refractivity contribution in [1.82, 2.24) is 0 Å². The molecule has 0 saturated heterocycles. The lowest BCUT2D eigenvalue weighted by Gasteiger charge is -2.18. The molecule has 0 aliphatic heterocycles. The highest BCUT2D eigenvalue weighted by molar-refractivity contribution is 5.71. The second-order valence-corrected chi connectivity index (χ2v) is 17.8. The van der Waals surface area contributed by atoms with Crippen molar-refractivity contribution in [3.63, 3.8) is 0 Å². The maximum absolute atomic E-state index is 12.8. The third-order valence-electron chi connectivity index (χ3n) is 11.6. The number of hydrogen-bond donors (Lipinski definition) is 0. The van der Waals surface area contributed by atoms with E-state index in [0.29, 0.717) is 19.3 Å². The van der Waals surface area contributed by atoms with E-state index in [1.165, 1.54) is 161 Å². The zero-order valence-corrected chi connectivity index (χ0v) is 41.1. The Morgan fingerprint density at radius 1 is 0.323 bits per heavy atom. The lowest BCUT2D eigenvalue weighted by molar-refractivity contribution is -0.167. The predicted molar refractivity (Wildman–Crippen MR) is 265 cm³/mol. The third-order valence-corrected chi connectivity index (χ3v) is 11.6. The molecule has 0 radical (unpaired) electrons. The lowest BCUT2D eigenvalue weighted by atomic mass is 10.0. The summed E-state index contributed by atoms with van der Waals surface area (Å²) in [5.41, 5.74) is 0. The smallest absolute Gasteiger partial charge is 0.306 e. The van der Waals surface area contributed by atoms with Gasteiger partial charge in [0.15, 0.2) is 6.10 Å². The number of carbonyl (C=O) groups is 3. The molecule has 0 aromatic heterocycles. The molecule has 6 heteroatoms. The van der Waals surface area contributed by atoms with E-state index in [1.54, 1.807) is 0 Å². The van der Waals surface area contributed by atoms with Crippen LogP contribution in [0.3, 0.4) is 0 Å². The average molecular weight is 869 g/mol. The van der Waals surface area contributed by atoms with E-state index in [0.717, 1.165) is 64.2 Å². The summed E-state index contributed by atoms with van der Waals surface area (Å²) in [7, 11) is 0. The summed E-state index contributed by atoms with van der Waals surface area (Å²) in [5, 5.41) is 0. The van der Waals surface area contributed by atoms with Gasteiger partial charge in [-0.2, -0.15) is 0 Å². The van der Waals surface area contributed by atoms with E-state index in [2.05, 4.69) is 69.4 Å². The highest BCUT2D eigenvalue weighted by atomic mass is 16.6. The fraction of sp³-hybridized carbons (Fsp3) is 0.804. The molecular weight excluding hydrogens is 769 g/mol. The van der Waals surface area contributed by atoms with Gasteiger partial charge in [0, 0.05) is 19.3 Å². The van der Waals surface area contributed by atoms with Crippen molar-refractivity contribution in [2.45, 2.75) is 277 Å². The third kappa shape index (κ3) is 48.4.